The standard InChI is InChI=1S/C24H30O7/c1-4-20(29)31-19-10-14(26)9-13-5-6-15-16-7-8-24(30,18(28)12-25)22(16,2)11-17(27)21(15)23(13,19)3/h1,9,15-17,19,21,25,27,30H,5-8,10-12H2,2-3H3/t15-,16-,17-,19?,21+,22-,23+,24-/m0/s1. The highest BCUT2D eigenvalue weighted by atomic mass is 16.5. The summed E-state index contributed by atoms with van der Waals surface area (Å²) in [6.45, 7) is 3.04. The summed E-state index contributed by atoms with van der Waals surface area (Å²) in [5.41, 5.74) is -2.43. The molecule has 4 aliphatic carbocycles. The summed E-state index contributed by atoms with van der Waals surface area (Å²) >= 11 is 0. The fourth-order valence-corrected chi connectivity index (χ4v) is 7.62. The van der Waals surface area contributed by atoms with E-state index < -0.39 is 47.0 Å². The predicted molar refractivity (Wildman–Crippen MR) is 109 cm³/mol. The van der Waals surface area contributed by atoms with Gasteiger partial charge in [0.1, 0.15) is 18.3 Å². The van der Waals surface area contributed by atoms with E-state index in [1.54, 1.807) is 6.08 Å². The van der Waals surface area contributed by atoms with Crippen molar-refractivity contribution in [2.45, 2.75) is 70.2 Å². The first kappa shape index (κ1) is 22.2. The predicted octanol–water partition coefficient (Wildman–Crippen LogP) is 0.936. The molecule has 3 N–H and O–H groups in total. The number of fused-ring (bicyclic) bond motifs is 5. The van der Waals surface area contributed by atoms with Gasteiger partial charge in [-0.3, -0.25) is 9.59 Å². The van der Waals surface area contributed by atoms with Crippen LogP contribution in [0.15, 0.2) is 11.6 Å². The number of esters is 1. The largest absolute Gasteiger partial charge is 0.451 e. The van der Waals surface area contributed by atoms with Gasteiger partial charge in [-0.1, -0.05) is 19.4 Å². The van der Waals surface area contributed by atoms with Gasteiger partial charge in [0, 0.05) is 29.1 Å². The lowest BCUT2D eigenvalue weighted by Crippen LogP contribution is -2.64. The molecule has 168 valence electrons. The molecule has 1 unspecified atom stereocenters. The van der Waals surface area contributed by atoms with Crippen molar-refractivity contribution in [2.75, 3.05) is 6.61 Å². The van der Waals surface area contributed by atoms with E-state index in [1.165, 1.54) is 0 Å². The number of aliphatic hydroxyl groups is 3. The second kappa shape index (κ2) is 7.26. The van der Waals surface area contributed by atoms with Crippen LogP contribution in [-0.4, -0.2) is 57.3 Å². The van der Waals surface area contributed by atoms with Gasteiger partial charge in [0.05, 0.1) is 6.10 Å². The molecule has 7 heteroatoms. The Morgan fingerprint density at radius 2 is 2.03 bits per heavy atom. The molecular weight excluding hydrogens is 400 g/mol. The van der Waals surface area contributed by atoms with Gasteiger partial charge in [0.2, 0.25) is 0 Å². The fraction of sp³-hybridized carbons (Fsp3) is 0.708. The Hall–Kier alpha value is -2.01. The van der Waals surface area contributed by atoms with Crippen LogP contribution in [0.1, 0.15) is 52.4 Å². The number of rotatable bonds is 3. The quantitative estimate of drug-likeness (QED) is 0.346. The van der Waals surface area contributed by atoms with Gasteiger partial charge >= 0.3 is 5.97 Å². The molecule has 3 saturated carbocycles. The highest BCUT2D eigenvalue weighted by molar-refractivity contribution is 5.93. The van der Waals surface area contributed by atoms with Crippen LogP contribution in [0.3, 0.4) is 0 Å². The van der Waals surface area contributed by atoms with E-state index in [4.69, 9.17) is 11.2 Å². The minimum Gasteiger partial charge on any atom is -0.451 e. The van der Waals surface area contributed by atoms with Gasteiger partial charge in [-0.25, -0.2) is 4.79 Å². The Bertz CT molecular complexity index is 900. The Labute approximate surface area is 181 Å². The summed E-state index contributed by atoms with van der Waals surface area (Å²) in [7, 11) is 0. The maximum absolute atomic E-state index is 12.5. The Morgan fingerprint density at radius 1 is 1.32 bits per heavy atom. The number of Topliss-reactive ketones (excluding diaryl/α,β-unsaturated/α-hetero) is 1. The van der Waals surface area contributed by atoms with E-state index in [0.29, 0.717) is 19.3 Å². The second-order valence-electron chi connectivity index (χ2n) is 10.2. The van der Waals surface area contributed by atoms with Gasteiger partial charge in [0.25, 0.3) is 0 Å². The van der Waals surface area contributed by atoms with Crippen molar-refractivity contribution < 1.29 is 34.4 Å². The molecule has 0 aliphatic heterocycles. The minimum atomic E-state index is -1.67. The highest BCUT2D eigenvalue weighted by Gasteiger charge is 2.69. The van der Waals surface area contributed by atoms with E-state index in [-0.39, 0.29) is 42.8 Å². The van der Waals surface area contributed by atoms with Crippen molar-refractivity contribution in [3.63, 3.8) is 0 Å². The number of terminal acetylenes is 1. The van der Waals surface area contributed by atoms with Crippen LogP contribution >= 0.6 is 0 Å². The average molecular weight is 430 g/mol. The average Bonchev–Trinajstić information content (AvgIpc) is 2.99. The molecule has 7 nitrogen and oxygen atoms in total. The van der Waals surface area contributed by atoms with Crippen molar-refractivity contribution in [1.29, 1.82) is 0 Å². The third-order valence-corrected chi connectivity index (χ3v) is 9.10. The number of carbonyl (C=O) groups excluding carboxylic acids is 3. The van der Waals surface area contributed by atoms with Crippen molar-refractivity contribution >= 4 is 17.5 Å². The number of ketones is 2. The lowest BCUT2D eigenvalue weighted by molar-refractivity contribution is -0.196. The lowest BCUT2D eigenvalue weighted by Gasteiger charge is -2.61. The van der Waals surface area contributed by atoms with E-state index in [9.17, 15) is 29.7 Å². The molecule has 31 heavy (non-hydrogen) atoms. The number of ether oxygens (including phenoxy) is 1. The van der Waals surface area contributed by atoms with E-state index in [0.717, 1.165) is 5.57 Å². The highest BCUT2D eigenvalue weighted by Crippen LogP contribution is 2.67. The van der Waals surface area contributed by atoms with Crippen LogP contribution in [0, 0.1) is 40.9 Å². The molecule has 0 aromatic carbocycles. The minimum absolute atomic E-state index is 0.0121. The molecule has 0 spiro atoms. The van der Waals surface area contributed by atoms with Crippen LogP contribution in [-0.2, 0) is 19.1 Å². The summed E-state index contributed by atoms with van der Waals surface area (Å²) < 4.78 is 5.53. The van der Waals surface area contributed by atoms with Gasteiger partial charge in [-0.05, 0) is 50.0 Å². The van der Waals surface area contributed by atoms with Gasteiger partial charge in [-0.2, -0.15) is 0 Å². The lowest BCUT2D eigenvalue weighted by atomic mass is 9.44. The molecule has 0 amide bonds. The molecule has 0 heterocycles. The monoisotopic (exact) mass is 430 g/mol. The van der Waals surface area contributed by atoms with Gasteiger partial charge in [0.15, 0.2) is 11.6 Å². The number of aliphatic hydroxyl groups excluding tert-OH is 2. The number of carbonyl (C=O) groups is 3. The van der Waals surface area contributed by atoms with Gasteiger partial charge < -0.3 is 20.1 Å². The third kappa shape index (κ3) is 2.88. The third-order valence-electron chi connectivity index (χ3n) is 9.10. The summed E-state index contributed by atoms with van der Waals surface area (Å²) in [6.07, 6.45) is 7.54. The number of hydrogen-bond acceptors (Lipinski definition) is 7. The molecule has 0 saturated heterocycles. The van der Waals surface area contributed by atoms with Crippen molar-refractivity contribution in [3.8, 4) is 12.3 Å². The maximum Gasteiger partial charge on any atom is 0.384 e. The number of hydrogen-bond donors (Lipinski definition) is 3. The molecule has 3 fully saturated rings. The Kier molecular flexibility index (Phi) is 5.20. The summed E-state index contributed by atoms with van der Waals surface area (Å²) in [5, 5.41) is 32.1. The first-order valence-corrected chi connectivity index (χ1v) is 11.0. The van der Waals surface area contributed by atoms with Crippen molar-refractivity contribution in [3.05, 3.63) is 11.6 Å². The topological polar surface area (TPSA) is 121 Å². The van der Waals surface area contributed by atoms with Crippen molar-refractivity contribution in [2.24, 2.45) is 28.6 Å². The van der Waals surface area contributed by atoms with E-state index in [2.05, 4.69) is 0 Å². The molecule has 4 aliphatic rings. The van der Waals surface area contributed by atoms with Crippen LogP contribution in [0.25, 0.3) is 0 Å². The Morgan fingerprint density at radius 3 is 2.68 bits per heavy atom. The smallest absolute Gasteiger partial charge is 0.384 e. The SMILES string of the molecule is C#CC(=O)OC1CC(=O)C=C2CC[C@@H]3[C@H]([C@@H](O)C[C@@]4(C)[C@H]3CC[C@]4(O)C(=O)CO)[C@]21C. The van der Waals surface area contributed by atoms with Crippen LogP contribution in [0.2, 0.25) is 0 Å². The maximum atomic E-state index is 12.5. The van der Waals surface area contributed by atoms with E-state index >= 15 is 0 Å². The fourth-order valence-electron chi connectivity index (χ4n) is 7.62. The van der Waals surface area contributed by atoms with Gasteiger partial charge in [-0.15, -0.1) is 6.42 Å². The summed E-state index contributed by atoms with van der Waals surface area (Å²) in [4.78, 5) is 36.8. The van der Waals surface area contributed by atoms with Crippen LogP contribution in [0.4, 0.5) is 0 Å². The van der Waals surface area contributed by atoms with Crippen molar-refractivity contribution in [1.82, 2.24) is 0 Å². The molecule has 4 rings (SSSR count). The summed E-state index contributed by atoms with van der Waals surface area (Å²) in [5.74, 6) is 0.0117. The van der Waals surface area contributed by atoms with Crippen LogP contribution in [0.5, 0.6) is 0 Å². The first-order valence-electron chi connectivity index (χ1n) is 11.0. The molecule has 0 aromatic rings. The normalized spacial score (nSPS) is 46.1. The first-order chi connectivity index (χ1) is 14.5. The second-order valence-corrected chi connectivity index (χ2v) is 10.2. The zero-order valence-corrected chi connectivity index (χ0v) is 18.0. The Balaban J connectivity index is 1.76. The van der Waals surface area contributed by atoms with E-state index in [1.807, 2.05) is 19.8 Å². The molecule has 0 bridgehead atoms. The zero-order valence-electron chi connectivity index (χ0n) is 18.0. The molecule has 0 aromatic heterocycles. The zero-order chi connectivity index (χ0) is 22.8. The van der Waals surface area contributed by atoms with Crippen LogP contribution < -0.4 is 0 Å². The summed E-state index contributed by atoms with van der Waals surface area (Å²) in [6, 6.07) is 0. The molecular formula is C24H30O7. The molecule has 8 atom stereocenters. The molecule has 0 radical (unpaired) electrons.